The lowest BCUT2D eigenvalue weighted by Crippen LogP contribution is -2.26. The highest BCUT2D eigenvalue weighted by molar-refractivity contribution is 6.30. The fraction of sp³-hybridized carbons (Fsp3) is 0.286. The number of carbonyl (C=O) groups is 1. The summed E-state index contributed by atoms with van der Waals surface area (Å²) < 4.78 is 2.02. The molecule has 1 fully saturated rings. The van der Waals surface area contributed by atoms with Crippen molar-refractivity contribution in [1.29, 1.82) is 0 Å². The highest BCUT2D eigenvalue weighted by Crippen LogP contribution is 2.33. The minimum Gasteiger partial charge on any atom is -0.364 e. The third-order valence-electron chi connectivity index (χ3n) is 5.26. The molecule has 0 saturated carbocycles. The van der Waals surface area contributed by atoms with Crippen molar-refractivity contribution in [2.45, 2.75) is 25.3 Å². The summed E-state index contributed by atoms with van der Waals surface area (Å²) in [5.74, 6) is 0.124. The molecule has 1 aliphatic rings. The number of benzene rings is 2. The zero-order valence-corrected chi connectivity index (χ0v) is 15.3. The van der Waals surface area contributed by atoms with Crippen molar-refractivity contribution in [3.05, 3.63) is 70.4 Å². The Labute approximate surface area is 157 Å². The average molecular weight is 368 g/mol. The number of piperidine rings is 1. The summed E-state index contributed by atoms with van der Waals surface area (Å²) in [4.78, 5) is 12.1. The maximum absolute atomic E-state index is 12.1. The molecule has 134 valence electrons. The Bertz CT molecular complexity index is 940. The number of aromatic nitrogens is 1. The summed E-state index contributed by atoms with van der Waals surface area (Å²) >= 11 is 5.99. The average Bonchev–Trinajstić information content (AvgIpc) is 3.03. The number of carbonyl (C=O) groups excluding carboxylic acids is 1. The summed E-state index contributed by atoms with van der Waals surface area (Å²) in [6.45, 7) is 2.67. The lowest BCUT2D eigenvalue weighted by atomic mass is 9.88. The first kappa shape index (κ1) is 17.1. The van der Waals surface area contributed by atoms with Crippen LogP contribution in [0.2, 0.25) is 5.02 Å². The Hall–Kier alpha value is -2.30. The fourth-order valence-corrected chi connectivity index (χ4v) is 4.07. The fourth-order valence-electron chi connectivity index (χ4n) is 3.94. The minimum atomic E-state index is -0.397. The lowest BCUT2D eigenvalue weighted by Gasteiger charge is -2.23. The number of rotatable bonds is 4. The van der Waals surface area contributed by atoms with E-state index in [4.69, 9.17) is 17.3 Å². The van der Waals surface area contributed by atoms with Gasteiger partial charge in [0.2, 0.25) is 0 Å². The van der Waals surface area contributed by atoms with Crippen molar-refractivity contribution in [3.63, 3.8) is 0 Å². The summed E-state index contributed by atoms with van der Waals surface area (Å²) in [6, 6.07) is 16.0. The number of fused-ring (bicyclic) bond motifs is 1. The van der Waals surface area contributed by atoms with Gasteiger partial charge >= 0.3 is 0 Å². The molecule has 3 N–H and O–H groups in total. The van der Waals surface area contributed by atoms with Gasteiger partial charge in [0, 0.05) is 22.5 Å². The minimum absolute atomic E-state index is 0.397. The SMILES string of the molecule is NC(=O)c1cc2c(C3CCNCC3)cccc2n1Cc1ccc(Cl)cc1. The van der Waals surface area contributed by atoms with Crippen LogP contribution in [-0.4, -0.2) is 23.6 Å². The van der Waals surface area contributed by atoms with Gasteiger partial charge in [0.1, 0.15) is 5.69 Å². The second-order valence-electron chi connectivity index (χ2n) is 6.91. The van der Waals surface area contributed by atoms with E-state index in [-0.39, 0.29) is 0 Å². The second kappa shape index (κ2) is 7.14. The van der Waals surface area contributed by atoms with Gasteiger partial charge in [-0.2, -0.15) is 0 Å². The molecule has 5 heteroatoms. The van der Waals surface area contributed by atoms with Gasteiger partial charge in [-0.05, 0) is 67.2 Å². The Morgan fingerprint density at radius 3 is 2.58 bits per heavy atom. The van der Waals surface area contributed by atoms with Crippen LogP contribution in [0.25, 0.3) is 10.9 Å². The normalized spacial score (nSPS) is 15.4. The molecule has 4 rings (SSSR count). The zero-order valence-electron chi connectivity index (χ0n) is 14.5. The zero-order chi connectivity index (χ0) is 18.1. The topological polar surface area (TPSA) is 60.1 Å². The van der Waals surface area contributed by atoms with E-state index in [1.165, 1.54) is 5.56 Å². The summed E-state index contributed by atoms with van der Waals surface area (Å²) in [5.41, 5.74) is 9.71. The summed E-state index contributed by atoms with van der Waals surface area (Å²) in [6.07, 6.45) is 2.24. The van der Waals surface area contributed by atoms with E-state index in [9.17, 15) is 4.79 Å². The second-order valence-corrected chi connectivity index (χ2v) is 7.35. The molecule has 1 aromatic heterocycles. The summed E-state index contributed by atoms with van der Waals surface area (Å²) in [7, 11) is 0. The van der Waals surface area contributed by atoms with Crippen molar-refractivity contribution in [2.75, 3.05) is 13.1 Å². The maximum atomic E-state index is 12.1. The van der Waals surface area contributed by atoms with E-state index in [0.29, 0.717) is 23.2 Å². The molecule has 0 atom stereocenters. The Morgan fingerprint density at radius 2 is 1.88 bits per heavy atom. The number of hydrogen-bond acceptors (Lipinski definition) is 2. The van der Waals surface area contributed by atoms with Crippen LogP contribution in [0.3, 0.4) is 0 Å². The smallest absolute Gasteiger partial charge is 0.265 e. The molecule has 26 heavy (non-hydrogen) atoms. The van der Waals surface area contributed by atoms with Crippen molar-refractivity contribution in [1.82, 2.24) is 9.88 Å². The van der Waals surface area contributed by atoms with Crippen LogP contribution in [0.5, 0.6) is 0 Å². The number of halogens is 1. The number of amides is 1. The van der Waals surface area contributed by atoms with E-state index in [1.54, 1.807) is 0 Å². The van der Waals surface area contributed by atoms with Crippen molar-refractivity contribution in [2.24, 2.45) is 5.73 Å². The molecule has 1 saturated heterocycles. The highest BCUT2D eigenvalue weighted by Gasteiger charge is 2.21. The molecular formula is C21H22ClN3O. The van der Waals surface area contributed by atoms with E-state index in [2.05, 4.69) is 23.5 Å². The van der Waals surface area contributed by atoms with Gasteiger partial charge in [0.05, 0.1) is 0 Å². The third kappa shape index (κ3) is 3.22. The van der Waals surface area contributed by atoms with Gasteiger partial charge < -0.3 is 15.6 Å². The highest BCUT2D eigenvalue weighted by atomic mass is 35.5. The van der Waals surface area contributed by atoms with Gasteiger partial charge in [-0.25, -0.2) is 0 Å². The Balaban J connectivity index is 1.81. The predicted octanol–water partition coefficient (Wildman–Crippen LogP) is 3.91. The van der Waals surface area contributed by atoms with Crippen molar-refractivity contribution in [3.8, 4) is 0 Å². The number of hydrogen-bond donors (Lipinski definition) is 2. The molecule has 0 radical (unpaired) electrons. The molecule has 0 unspecified atom stereocenters. The molecular weight excluding hydrogens is 346 g/mol. The molecule has 1 amide bonds. The van der Waals surface area contributed by atoms with Gasteiger partial charge in [0.25, 0.3) is 5.91 Å². The molecule has 2 aromatic carbocycles. The Kier molecular flexibility index (Phi) is 4.70. The largest absolute Gasteiger partial charge is 0.364 e. The van der Waals surface area contributed by atoms with Gasteiger partial charge in [-0.3, -0.25) is 4.79 Å². The predicted molar refractivity (Wildman–Crippen MR) is 106 cm³/mol. The van der Waals surface area contributed by atoms with E-state index in [0.717, 1.165) is 42.4 Å². The lowest BCUT2D eigenvalue weighted by molar-refractivity contribution is 0.0992. The van der Waals surface area contributed by atoms with Crippen LogP contribution in [0.15, 0.2) is 48.5 Å². The number of nitrogens with two attached hydrogens (primary N) is 1. The van der Waals surface area contributed by atoms with Crippen molar-refractivity contribution < 1.29 is 4.79 Å². The van der Waals surface area contributed by atoms with Crippen LogP contribution in [0.1, 0.15) is 40.4 Å². The third-order valence-corrected chi connectivity index (χ3v) is 5.52. The van der Waals surface area contributed by atoms with Crippen LogP contribution in [0, 0.1) is 0 Å². The monoisotopic (exact) mass is 367 g/mol. The first-order valence-corrected chi connectivity index (χ1v) is 9.38. The number of nitrogens with one attached hydrogen (secondary N) is 1. The van der Waals surface area contributed by atoms with Crippen LogP contribution < -0.4 is 11.1 Å². The maximum Gasteiger partial charge on any atom is 0.265 e. The van der Waals surface area contributed by atoms with Gasteiger partial charge in [-0.15, -0.1) is 0 Å². The van der Waals surface area contributed by atoms with E-state index >= 15 is 0 Å². The molecule has 2 heterocycles. The summed E-state index contributed by atoms with van der Waals surface area (Å²) in [5, 5.41) is 5.26. The van der Waals surface area contributed by atoms with Crippen molar-refractivity contribution >= 4 is 28.4 Å². The standard InChI is InChI=1S/C21H22ClN3O/c22-16-6-4-14(5-7-16)13-25-19-3-1-2-17(15-8-10-24-11-9-15)18(19)12-20(25)21(23)26/h1-7,12,15,24H,8-11,13H2,(H2,23,26). The van der Waals surface area contributed by atoms with E-state index < -0.39 is 5.91 Å². The number of nitrogens with zero attached hydrogens (tertiary/aromatic N) is 1. The van der Waals surface area contributed by atoms with Crippen LogP contribution in [0.4, 0.5) is 0 Å². The molecule has 0 bridgehead atoms. The molecule has 0 aliphatic carbocycles. The van der Waals surface area contributed by atoms with Crippen LogP contribution >= 0.6 is 11.6 Å². The molecule has 4 nitrogen and oxygen atoms in total. The van der Waals surface area contributed by atoms with Gasteiger partial charge in [-0.1, -0.05) is 35.9 Å². The molecule has 3 aromatic rings. The quantitative estimate of drug-likeness (QED) is 0.734. The molecule has 0 spiro atoms. The first-order valence-electron chi connectivity index (χ1n) is 9.00. The van der Waals surface area contributed by atoms with Crippen LogP contribution in [-0.2, 0) is 6.54 Å². The number of primary amides is 1. The Morgan fingerprint density at radius 1 is 1.15 bits per heavy atom. The van der Waals surface area contributed by atoms with E-state index in [1.807, 2.05) is 34.9 Å². The first-order chi connectivity index (χ1) is 12.6. The molecule has 1 aliphatic heterocycles. The van der Waals surface area contributed by atoms with Gasteiger partial charge in [0.15, 0.2) is 0 Å².